The summed E-state index contributed by atoms with van der Waals surface area (Å²) < 4.78 is 5.58. The van der Waals surface area contributed by atoms with Crippen molar-refractivity contribution in [3.63, 3.8) is 0 Å². The second kappa shape index (κ2) is 6.97. The van der Waals surface area contributed by atoms with Crippen LogP contribution >= 0.6 is 0 Å². The van der Waals surface area contributed by atoms with Crippen molar-refractivity contribution in [3.8, 4) is 0 Å². The van der Waals surface area contributed by atoms with Gasteiger partial charge in [-0.1, -0.05) is 26.2 Å². The summed E-state index contributed by atoms with van der Waals surface area (Å²) in [6.07, 6.45) is 6.08. The van der Waals surface area contributed by atoms with E-state index in [2.05, 4.69) is 12.2 Å². The highest BCUT2D eigenvalue weighted by molar-refractivity contribution is 5.80. The van der Waals surface area contributed by atoms with Gasteiger partial charge in [-0.15, -0.1) is 0 Å². The predicted octanol–water partition coefficient (Wildman–Crippen LogP) is 1.58. The van der Waals surface area contributed by atoms with Crippen molar-refractivity contribution in [2.24, 2.45) is 5.73 Å². The number of nitrogens with two attached hydrogens (primary N) is 1. The van der Waals surface area contributed by atoms with Gasteiger partial charge in [0.05, 0.1) is 6.61 Å². The first-order valence-electron chi connectivity index (χ1n) is 6.75. The fourth-order valence-corrected chi connectivity index (χ4v) is 2.12. The predicted molar refractivity (Wildman–Crippen MR) is 68.7 cm³/mol. The Labute approximate surface area is 104 Å². The van der Waals surface area contributed by atoms with E-state index >= 15 is 0 Å². The Morgan fingerprint density at radius 1 is 1.47 bits per heavy atom. The second-order valence-electron chi connectivity index (χ2n) is 5.17. The lowest BCUT2D eigenvalue weighted by atomic mass is 10.0. The van der Waals surface area contributed by atoms with Crippen LogP contribution in [0.3, 0.4) is 0 Å². The summed E-state index contributed by atoms with van der Waals surface area (Å²) in [5.41, 5.74) is 5.98. The molecule has 0 bridgehead atoms. The smallest absolute Gasteiger partial charge is 0.248 e. The molecule has 1 amide bonds. The van der Waals surface area contributed by atoms with Crippen molar-refractivity contribution in [1.82, 2.24) is 5.32 Å². The fraction of sp³-hybridized carbons (Fsp3) is 0.923. The Kier molecular flexibility index (Phi) is 5.92. The molecule has 1 unspecified atom stereocenters. The third kappa shape index (κ3) is 5.04. The van der Waals surface area contributed by atoms with Gasteiger partial charge in [-0.25, -0.2) is 0 Å². The van der Waals surface area contributed by atoms with E-state index < -0.39 is 6.10 Å². The molecule has 17 heavy (non-hydrogen) atoms. The van der Waals surface area contributed by atoms with Gasteiger partial charge in [0.15, 0.2) is 0 Å². The first kappa shape index (κ1) is 14.5. The van der Waals surface area contributed by atoms with Crippen LogP contribution in [-0.2, 0) is 9.53 Å². The van der Waals surface area contributed by atoms with E-state index in [9.17, 15) is 4.79 Å². The zero-order valence-electron chi connectivity index (χ0n) is 11.1. The Bertz CT molecular complexity index is 238. The van der Waals surface area contributed by atoms with Gasteiger partial charge in [0.2, 0.25) is 5.91 Å². The molecule has 1 rings (SSSR count). The number of rotatable bonds is 7. The molecule has 0 aromatic carbocycles. The summed E-state index contributed by atoms with van der Waals surface area (Å²) in [6, 6.07) is 0. The van der Waals surface area contributed by atoms with E-state index in [0.29, 0.717) is 6.61 Å². The SMILES string of the molecule is CCCCNC(=O)C(C)OCC1(N)CCCC1. The molecule has 0 aliphatic heterocycles. The number of nitrogens with one attached hydrogen (secondary N) is 1. The van der Waals surface area contributed by atoms with Gasteiger partial charge in [0.1, 0.15) is 6.10 Å². The van der Waals surface area contributed by atoms with Gasteiger partial charge in [-0.05, 0) is 26.2 Å². The summed E-state index contributed by atoms with van der Waals surface area (Å²) in [4.78, 5) is 11.7. The van der Waals surface area contributed by atoms with Gasteiger partial charge in [-0.3, -0.25) is 4.79 Å². The highest BCUT2D eigenvalue weighted by Crippen LogP contribution is 2.27. The van der Waals surface area contributed by atoms with Crippen LogP contribution in [0.1, 0.15) is 52.4 Å². The number of ether oxygens (including phenoxy) is 1. The van der Waals surface area contributed by atoms with Crippen molar-refractivity contribution in [2.45, 2.75) is 64.0 Å². The molecule has 1 atom stereocenters. The van der Waals surface area contributed by atoms with Crippen LogP contribution in [0.5, 0.6) is 0 Å². The lowest BCUT2D eigenvalue weighted by molar-refractivity contribution is -0.132. The average Bonchev–Trinajstić information content (AvgIpc) is 2.74. The first-order valence-corrected chi connectivity index (χ1v) is 6.75. The first-order chi connectivity index (χ1) is 8.07. The zero-order chi connectivity index (χ0) is 12.7. The minimum atomic E-state index is -0.395. The zero-order valence-corrected chi connectivity index (χ0v) is 11.1. The third-order valence-electron chi connectivity index (χ3n) is 3.42. The number of hydrogen-bond donors (Lipinski definition) is 2. The molecule has 100 valence electrons. The molecular formula is C13H26N2O2. The number of carbonyl (C=O) groups excluding carboxylic acids is 1. The van der Waals surface area contributed by atoms with Crippen molar-refractivity contribution < 1.29 is 9.53 Å². The molecule has 0 aromatic heterocycles. The minimum absolute atomic E-state index is 0.0277. The fourth-order valence-electron chi connectivity index (χ4n) is 2.12. The largest absolute Gasteiger partial charge is 0.367 e. The monoisotopic (exact) mass is 242 g/mol. The lowest BCUT2D eigenvalue weighted by Gasteiger charge is -2.25. The molecular weight excluding hydrogens is 216 g/mol. The van der Waals surface area contributed by atoms with Crippen LogP contribution in [0.25, 0.3) is 0 Å². The van der Waals surface area contributed by atoms with Crippen LogP contribution in [-0.4, -0.2) is 30.7 Å². The van der Waals surface area contributed by atoms with Crippen LogP contribution in [0.2, 0.25) is 0 Å². The molecule has 4 nitrogen and oxygen atoms in total. The van der Waals surface area contributed by atoms with Crippen LogP contribution in [0.15, 0.2) is 0 Å². The molecule has 0 saturated heterocycles. The van der Waals surface area contributed by atoms with E-state index in [1.807, 2.05) is 0 Å². The van der Waals surface area contributed by atoms with Crippen LogP contribution < -0.4 is 11.1 Å². The summed E-state index contributed by atoms with van der Waals surface area (Å²) in [5, 5.41) is 2.87. The molecule has 1 fully saturated rings. The summed E-state index contributed by atoms with van der Waals surface area (Å²) in [5.74, 6) is -0.0277. The van der Waals surface area contributed by atoms with E-state index in [-0.39, 0.29) is 11.4 Å². The van der Waals surface area contributed by atoms with Gasteiger partial charge in [-0.2, -0.15) is 0 Å². The maximum absolute atomic E-state index is 11.7. The number of carbonyl (C=O) groups is 1. The summed E-state index contributed by atoms with van der Waals surface area (Å²) in [6.45, 7) is 5.12. The minimum Gasteiger partial charge on any atom is -0.367 e. The molecule has 1 aliphatic carbocycles. The standard InChI is InChI=1S/C13H26N2O2/c1-3-4-9-15-12(16)11(2)17-10-13(14)7-5-6-8-13/h11H,3-10,14H2,1-2H3,(H,15,16). The van der Waals surface area contributed by atoms with E-state index in [1.54, 1.807) is 6.92 Å². The number of amides is 1. The molecule has 0 aromatic rings. The number of hydrogen-bond acceptors (Lipinski definition) is 3. The van der Waals surface area contributed by atoms with Gasteiger partial charge < -0.3 is 15.8 Å². The second-order valence-corrected chi connectivity index (χ2v) is 5.17. The van der Waals surface area contributed by atoms with Gasteiger partial charge in [0.25, 0.3) is 0 Å². The average molecular weight is 242 g/mol. The highest BCUT2D eigenvalue weighted by Gasteiger charge is 2.30. The Morgan fingerprint density at radius 3 is 2.71 bits per heavy atom. The Morgan fingerprint density at radius 2 is 2.12 bits per heavy atom. The van der Waals surface area contributed by atoms with Gasteiger partial charge in [0, 0.05) is 12.1 Å². The van der Waals surface area contributed by atoms with Crippen molar-refractivity contribution in [1.29, 1.82) is 0 Å². The van der Waals surface area contributed by atoms with E-state index in [4.69, 9.17) is 10.5 Å². The normalized spacial score (nSPS) is 20.2. The Hall–Kier alpha value is -0.610. The summed E-state index contributed by atoms with van der Waals surface area (Å²) in [7, 11) is 0. The molecule has 0 radical (unpaired) electrons. The van der Waals surface area contributed by atoms with Crippen molar-refractivity contribution in [3.05, 3.63) is 0 Å². The molecule has 1 aliphatic rings. The quantitative estimate of drug-likeness (QED) is 0.666. The summed E-state index contributed by atoms with van der Waals surface area (Å²) >= 11 is 0. The molecule has 3 N–H and O–H groups in total. The molecule has 0 heterocycles. The molecule has 0 spiro atoms. The van der Waals surface area contributed by atoms with Gasteiger partial charge >= 0.3 is 0 Å². The molecule has 4 heteroatoms. The maximum Gasteiger partial charge on any atom is 0.248 e. The van der Waals surface area contributed by atoms with Crippen LogP contribution in [0, 0.1) is 0 Å². The lowest BCUT2D eigenvalue weighted by Crippen LogP contribution is -2.44. The van der Waals surface area contributed by atoms with E-state index in [1.165, 1.54) is 12.8 Å². The topological polar surface area (TPSA) is 64.3 Å². The Balaban J connectivity index is 2.19. The van der Waals surface area contributed by atoms with Crippen molar-refractivity contribution >= 4 is 5.91 Å². The van der Waals surface area contributed by atoms with Crippen molar-refractivity contribution in [2.75, 3.05) is 13.2 Å². The maximum atomic E-state index is 11.7. The molecule has 1 saturated carbocycles. The number of unbranched alkanes of at least 4 members (excludes halogenated alkanes) is 1. The highest BCUT2D eigenvalue weighted by atomic mass is 16.5. The third-order valence-corrected chi connectivity index (χ3v) is 3.42. The van der Waals surface area contributed by atoms with E-state index in [0.717, 1.165) is 32.2 Å². The van der Waals surface area contributed by atoms with Crippen LogP contribution in [0.4, 0.5) is 0 Å².